The molecule has 0 saturated heterocycles. The van der Waals surface area contributed by atoms with Gasteiger partial charge >= 0.3 is 12.2 Å². The van der Waals surface area contributed by atoms with E-state index in [9.17, 15) is 14.7 Å². The summed E-state index contributed by atoms with van der Waals surface area (Å²) >= 11 is 0. The second-order valence-corrected chi connectivity index (χ2v) is 8.24. The van der Waals surface area contributed by atoms with Gasteiger partial charge in [0, 0.05) is 0 Å². The summed E-state index contributed by atoms with van der Waals surface area (Å²) in [6.45, 7) is 3.82. The average Bonchev–Trinajstić information content (AvgIpc) is 2.94. The number of nitrogens with one attached hydrogen (secondary N) is 1. The quantitative estimate of drug-likeness (QED) is 0.266. The van der Waals surface area contributed by atoms with Gasteiger partial charge in [0.15, 0.2) is 0 Å². The summed E-state index contributed by atoms with van der Waals surface area (Å²) in [4.78, 5) is 25.8. The summed E-state index contributed by atoms with van der Waals surface area (Å²) in [5.41, 5.74) is 4.91. The molecule has 8 nitrogen and oxygen atoms in total. The minimum Gasteiger partial charge on any atom is -0.443 e. The molecular weight excluding hydrogens is 472 g/mol. The fourth-order valence-electron chi connectivity index (χ4n) is 3.46. The fraction of sp³-hybridized carbons (Fsp3) is 0.241. The van der Waals surface area contributed by atoms with Crippen LogP contribution in [0.1, 0.15) is 23.1 Å². The van der Waals surface area contributed by atoms with Crippen LogP contribution in [0.15, 0.2) is 104 Å². The van der Waals surface area contributed by atoms with E-state index in [1.807, 2.05) is 91.0 Å². The summed E-state index contributed by atoms with van der Waals surface area (Å²) in [6, 6.07) is 26.8. The van der Waals surface area contributed by atoms with Crippen LogP contribution in [-0.2, 0) is 34.0 Å². The first-order valence-corrected chi connectivity index (χ1v) is 11.9. The molecule has 0 aliphatic carbocycles. The Morgan fingerprint density at radius 3 is 1.81 bits per heavy atom. The van der Waals surface area contributed by atoms with Crippen molar-refractivity contribution in [1.29, 1.82) is 0 Å². The van der Waals surface area contributed by atoms with Crippen LogP contribution in [0.5, 0.6) is 0 Å². The lowest BCUT2D eigenvalue weighted by Crippen LogP contribution is -2.57. The Kier molecular flexibility index (Phi) is 11.2. The van der Waals surface area contributed by atoms with Crippen LogP contribution in [0.3, 0.4) is 0 Å². The Morgan fingerprint density at radius 2 is 1.30 bits per heavy atom. The van der Waals surface area contributed by atoms with Crippen molar-refractivity contribution in [3.05, 3.63) is 120 Å². The van der Waals surface area contributed by atoms with Crippen LogP contribution < -0.4 is 5.43 Å². The van der Waals surface area contributed by atoms with E-state index in [0.29, 0.717) is 0 Å². The van der Waals surface area contributed by atoms with E-state index in [1.165, 1.54) is 6.08 Å². The van der Waals surface area contributed by atoms with E-state index in [4.69, 9.17) is 14.2 Å². The summed E-state index contributed by atoms with van der Waals surface area (Å²) < 4.78 is 16.6. The zero-order valence-electron chi connectivity index (χ0n) is 20.6. The lowest BCUT2D eigenvalue weighted by atomic mass is 10.1. The zero-order valence-corrected chi connectivity index (χ0v) is 20.6. The van der Waals surface area contributed by atoms with Crippen molar-refractivity contribution in [2.75, 3.05) is 6.61 Å². The zero-order chi connectivity index (χ0) is 26.3. The van der Waals surface area contributed by atoms with E-state index in [2.05, 4.69) is 12.0 Å². The Labute approximate surface area is 217 Å². The van der Waals surface area contributed by atoms with Gasteiger partial charge in [-0.2, -0.15) is 0 Å². The molecule has 8 heteroatoms. The molecule has 3 aromatic rings. The minimum absolute atomic E-state index is 0.00393. The molecule has 3 rings (SSSR count). The van der Waals surface area contributed by atoms with Crippen molar-refractivity contribution in [3.63, 3.8) is 0 Å². The predicted octanol–water partition coefficient (Wildman–Crippen LogP) is 4.99. The Morgan fingerprint density at radius 1 is 0.811 bits per heavy atom. The van der Waals surface area contributed by atoms with Gasteiger partial charge in [0.2, 0.25) is 0 Å². The van der Waals surface area contributed by atoms with Crippen molar-refractivity contribution in [1.82, 2.24) is 10.4 Å². The highest BCUT2D eigenvalue weighted by Crippen LogP contribution is 2.13. The molecule has 0 fully saturated rings. The predicted molar refractivity (Wildman–Crippen MR) is 139 cm³/mol. The van der Waals surface area contributed by atoms with Crippen LogP contribution in [0.25, 0.3) is 0 Å². The maximum atomic E-state index is 13.2. The summed E-state index contributed by atoms with van der Waals surface area (Å²) in [6.07, 6.45) is -1.15. The topological polar surface area (TPSA) is 97.3 Å². The maximum absolute atomic E-state index is 13.2. The first-order valence-electron chi connectivity index (χ1n) is 11.9. The standard InChI is InChI=1S/C29H32N2O6/c1-2-12-27(32)26(22-35-19-23-13-6-3-7-14-23)31(29(34)37-21-25-17-10-5-11-18-25)30-28(33)36-20-24-15-8-4-9-16-24/h2-11,13-18,26-27,32H,1,12,19-22H2,(H,30,33). The smallest absolute Gasteiger partial charge is 0.429 e. The van der Waals surface area contributed by atoms with Gasteiger partial charge in [-0.05, 0) is 23.1 Å². The second-order valence-electron chi connectivity index (χ2n) is 8.24. The van der Waals surface area contributed by atoms with Crippen LogP contribution in [0.2, 0.25) is 0 Å². The largest absolute Gasteiger partial charge is 0.443 e. The summed E-state index contributed by atoms with van der Waals surface area (Å²) in [7, 11) is 0. The number of carbonyl (C=O) groups excluding carboxylic acids is 2. The average molecular weight is 505 g/mol. The molecular formula is C29H32N2O6. The summed E-state index contributed by atoms with van der Waals surface area (Å²) in [5.74, 6) is 0. The highest BCUT2D eigenvalue weighted by molar-refractivity contribution is 5.74. The molecule has 0 bridgehead atoms. The van der Waals surface area contributed by atoms with Crippen LogP contribution in [0.4, 0.5) is 9.59 Å². The first-order chi connectivity index (χ1) is 18.1. The molecule has 37 heavy (non-hydrogen) atoms. The number of hydrogen-bond acceptors (Lipinski definition) is 6. The molecule has 3 aromatic carbocycles. The molecule has 2 atom stereocenters. The normalized spacial score (nSPS) is 12.1. The van der Waals surface area contributed by atoms with Crippen molar-refractivity contribution >= 4 is 12.2 Å². The lowest BCUT2D eigenvalue weighted by Gasteiger charge is -2.33. The third-order valence-corrected chi connectivity index (χ3v) is 5.41. The van der Waals surface area contributed by atoms with Gasteiger partial charge in [0.25, 0.3) is 0 Å². The molecule has 0 saturated carbocycles. The number of ether oxygens (including phenoxy) is 3. The number of benzene rings is 3. The Bertz CT molecular complexity index is 1100. The number of nitrogens with zero attached hydrogens (tertiary/aromatic N) is 1. The Hall–Kier alpha value is -4.14. The molecule has 0 aromatic heterocycles. The number of hydrogen-bond donors (Lipinski definition) is 2. The van der Waals surface area contributed by atoms with E-state index in [1.54, 1.807) is 0 Å². The molecule has 0 radical (unpaired) electrons. The van der Waals surface area contributed by atoms with Crippen molar-refractivity contribution in [2.24, 2.45) is 0 Å². The third-order valence-electron chi connectivity index (χ3n) is 5.41. The number of carbonyl (C=O) groups is 2. The van der Waals surface area contributed by atoms with Crippen molar-refractivity contribution in [2.45, 2.75) is 38.4 Å². The van der Waals surface area contributed by atoms with Gasteiger partial charge in [-0.25, -0.2) is 20.0 Å². The van der Waals surface area contributed by atoms with Crippen molar-refractivity contribution < 1.29 is 28.9 Å². The highest BCUT2D eigenvalue weighted by atomic mass is 16.6. The number of rotatable bonds is 12. The number of amides is 2. The molecule has 2 unspecified atom stereocenters. The molecule has 194 valence electrons. The molecule has 0 heterocycles. The maximum Gasteiger partial charge on any atom is 0.429 e. The van der Waals surface area contributed by atoms with Gasteiger partial charge < -0.3 is 19.3 Å². The SMILES string of the molecule is C=CCC(O)C(COCc1ccccc1)N(NC(=O)OCc1ccccc1)C(=O)OCc1ccccc1. The van der Waals surface area contributed by atoms with E-state index in [-0.39, 0.29) is 32.8 Å². The van der Waals surface area contributed by atoms with Crippen LogP contribution >= 0.6 is 0 Å². The van der Waals surface area contributed by atoms with Gasteiger partial charge in [-0.15, -0.1) is 6.58 Å². The van der Waals surface area contributed by atoms with Gasteiger partial charge in [0.05, 0.1) is 19.3 Å². The highest BCUT2D eigenvalue weighted by Gasteiger charge is 2.33. The Balaban J connectivity index is 1.72. The van der Waals surface area contributed by atoms with E-state index in [0.717, 1.165) is 21.7 Å². The van der Waals surface area contributed by atoms with Gasteiger partial charge in [-0.3, -0.25) is 0 Å². The number of aliphatic hydroxyl groups is 1. The van der Waals surface area contributed by atoms with Gasteiger partial charge in [0.1, 0.15) is 19.3 Å². The molecule has 2 amide bonds. The molecule has 0 spiro atoms. The monoisotopic (exact) mass is 504 g/mol. The minimum atomic E-state index is -1.09. The number of aliphatic hydroxyl groups excluding tert-OH is 1. The van der Waals surface area contributed by atoms with E-state index < -0.39 is 24.3 Å². The molecule has 2 N–H and O–H groups in total. The lowest BCUT2D eigenvalue weighted by molar-refractivity contribution is -0.0340. The third kappa shape index (κ3) is 9.44. The van der Waals surface area contributed by atoms with Crippen LogP contribution in [-0.4, -0.2) is 41.1 Å². The molecule has 0 aliphatic heterocycles. The summed E-state index contributed by atoms with van der Waals surface area (Å²) in [5, 5.41) is 11.8. The number of hydrazine groups is 1. The fourth-order valence-corrected chi connectivity index (χ4v) is 3.46. The van der Waals surface area contributed by atoms with Crippen LogP contribution in [0, 0.1) is 0 Å². The van der Waals surface area contributed by atoms with Crippen molar-refractivity contribution in [3.8, 4) is 0 Å². The molecule has 0 aliphatic rings. The second kappa shape index (κ2) is 15.1. The van der Waals surface area contributed by atoms with Gasteiger partial charge in [-0.1, -0.05) is 97.1 Å². The van der Waals surface area contributed by atoms with E-state index >= 15 is 0 Å². The first kappa shape index (κ1) is 27.4.